The van der Waals surface area contributed by atoms with Crippen molar-refractivity contribution in [3.8, 4) is 0 Å². The molecule has 0 saturated carbocycles. The molecule has 0 fully saturated rings. The summed E-state index contributed by atoms with van der Waals surface area (Å²) < 4.78 is 42.4. The number of unbranched alkanes of at least 4 members (excludes halogenated alkanes) is 9. The molecule has 0 aliphatic heterocycles. The molecule has 1 aromatic rings. The van der Waals surface area contributed by atoms with Crippen LogP contribution in [0.4, 0.5) is 18.9 Å². The van der Waals surface area contributed by atoms with Crippen LogP contribution in [0.25, 0.3) is 0 Å². The van der Waals surface area contributed by atoms with E-state index in [0.717, 1.165) is 19.3 Å². The number of Topliss-reactive ketones (excluding diaryl/α,β-unsaturated/α-hetero) is 1. The van der Waals surface area contributed by atoms with Crippen LogP contribution in [-0.4, -0.2) is 30.4 Å². The number of alkyl halides is 3. The molecule has 0 radical (unpaired) electrons. The summed E-state index contributed by atoms with van der Waals surface area (Å²) in [7, 11) is 0. The van der Waals surface area contributed by atoms with E-state index < -0.39 is 30.3 Å². The minimum atomic E-state index is -5.10. The van der Waals surface area contributed by atoms with Crippen LogP contribution in [0.1, 0.15) is 87.9 Å². The van der Waals surface area contributed by atoms with Gasteiger partial charge in [0.15, 0.2) is 0 Å². The summed E-state index contributed by atoms with van der Waals surface area (Å²) >= 11 is 5.72. The fraction of sp³-hybridized carbons (Fsp3) is 0.609. The van der Waals surface area contributed by atoms with E-state index in [9.17, 15) is 27.6 Å². The van der Waals surface area contributed by atoms with Crippen molar-refractivity contribution >= 4 is 35.1 Å². The normalized spacial score (nSPS) is 11.3. The van der Waals surface area contributed by atoms with Gasteiger partial charge in [0.1, 0.15) is 0 Å². The molecule has 0 saturated heterocycles. The maximum Gasteiger partial charge on any atom is 0.450 e. The average molecular weight is 478 g/mol. The fourth-order valence-electron chi connectivity index (χ4n) is 3.02. The highest BCUT2D eigenvalue weighted by molar-refractivity contribution is 6.38. The Balaban J connectivity index is 2.29. The van der Waals surface area contributed by atoms with Gasteiger partial charge in [-0.2, -0.15) is 13.2 Å². The lowest BCUT2D eigenvalue weighted by Crippen LogP contribution is -2.30. The van der Waals surface area contributed by atoms with Crippen LogP contribution in [0.2, 0.25) is 0 Å². The van der Waals surface area contributed by atoms with Crippen LogP contribution in [0.3, 0.4) is 0 Å². The molecule has 32 heavy (non-hydrogen) atoms. The second-order valence-electron chi connectivity index (χ2n) is 7.64. The lowest BCUT2D eigenvalue weighted by Gasteiger charge is -2.14. The number of hydrogen-bond donors (Lipinski definition) is 0. The quantitative estimate of drug-likeness (QED) is 0.121. The van der Waals surface area contributed by atoms with Gasteiger partial charge < -0.3 is 4.74 Å². The Bertz CT molecular complexity index is 723. The molecule has 0 aliphatic rings. The highest BCUT2D eigenvalue weighted by atomic mass is 35.5. The van der Waals surface area contributed by atoms with Crippen LogP contribution < -0.4 is 4.42 Å². The molecule has 0 aliphatic carbocycles. The van der Waals surface area contributed by atoms with E-state index in [0.29, 0.717) is 11.0 Å². The van der Waals surface area contributed by atoms with Crippen molar-refractivity contribution in [3.63, 3.8) is 0 Å². The molecule has 180 valence electrons. The largest absolute Gasteiger partial charge is 0.462 e. The van der Waals surface area contributed by atoms with Gasteiger partial charge in [-0.25, -0.2) is 9.21 Å². The Kier molecular flexibility index (Phi) is 13.0. The molecule has 5 nitrogen and oxygen atoms in total. The monoisotopic (exact) mass is 477 g/mol. The van der Waals surface area contributed by atoms with Gasteiger partial charge in [0, 0.05) is 11.8 Å². The van der Waals surface area contributed by atoms with Crippen molar-refractivity contribution in [2.75, 3.05) is 11.0 Å². The van der Waals surface area contributed by atoms with E-state index in [-0.39, 0.29) is 11.3 Å². The van der Waals surface area contributed by atoms with E-state index in [4.69, 9.17) is 16.5 Å². The number of anilines is 1. The molecule has 0 heterocycles. The smallest absolute Gasteiger partial charge is 0.450 e. The summed E-state index contributed by atoms with van der Waals surface area (Å²) in [5.74, 6) is -3.93. The van der Waals surface area contributed by atoms with Crippen molar-refractivity contribution in [1.82, 2.24) is 0 Å². The minimum absolute atomic E-state index is 0.0397. The molecule has 0 aromatic heterocycles. The van der Waals surface area contributed by atoms with Gasteiger partial charge in [-0.3, -0.25) is 9.59 Å². The van der Waals surface area contributed by atoms with E-state index >= 15 is 0 Å². The number of carbonyl (C=O) groups excluding carboxylic acids is 3. The number of rotatable bonds is 15. The number of nitrogens with zero attached hydrogens (tertiary/aromatic N) is 1. The predicted molar refractivity (Wildman–Crippen MR) is 118 cm³/mol. The number of carbonyl (C=O) groups is 3. The lowest BCUT2D eigenvalue weighted by molar-refractivity contribution is -0.171. The first-order chi connectivity index (χ1) is 15.2. The van der Waals surface area contributed by atoms with Crippen molar-refractivity contribution in [1.29, 1.82) is 0 Å². The second-order valence-corrected chi connectivity index (χ2v) is 7.98. The highest BCUT2D eigenvalue weighted by Gasteiger charge is 2.40. The summed E-state index contributed by atoms with van der Waals surface area (Å²) in [4.78, 5) is 34.7. The topological polar surface area (TPSA) is 63.7 Å². The summed E-state index contributed by atoms with van der Waals surface area (Å²) in [6, 6.07) is 5.29. The first-order valence-electron chi connectivity index (χ1n) is 11.0. The maximum atomic E-state index is 12.3. The number of benzene rings is 1. The van der Waals surface area contributed by atoms with Gasteiger partial charge in [-0.1, -0.05) is 64.7 Å². The van der Waals surface area contributed by atoms with Gasteiger partial charge >= 0.3 is 12.1 Å². The molecule has 1 aromatic carbocycles. The number of ketones is 1. The molecular formula is C23H31ClF3NO4. The minimum Gasteiger partial charge on any atom is -0.462 e. The predicted octanol–water partition coefficient (Wildman–Crippen LogP) is 6.77. The summed E-state index contributed by atoms with van der Waals surface area (Å²) in [6.45, 7) is 2.50. The zero-order valence-corrected chi connectivity index (χ0v) is 19.1. The Hall–Kier alpha value is -2.09. The van der Waals surface area contributed by atoms with Crippen LogP contribution in [0.15, 0.2) is 24.3 Å². The number of amides is 1. The summed E-state index contributed by atoms with van der Waals surface area (Å²) in [5, 5.41) is 0. The zero-order valence-electron chi connectivity index (χ0n) is 18.4. The Morgan fingerprint density at radius 2 is 1.38 bits per heavy atom. The van der Waals surface area contributed by atoms with Crippen molar-refractivity contribution in [3.05, 3.63) is 29.8 Å². The van der Waals surface area contributed by atoms with Crippen LogP contribution in [-0.2, 0) is 14.3 Å². The molecular weight excluding hydrogens is 447 g/mol. The molecule has 0 N–H and O–H groups in total. The van der Waals surface area contributed by atoms with Crippen LogP contribution in [0, 0.1) is 0 Å². The van der Waals surface area contributed by atoms with Crippen molar-refractivity contribution in [2.45, 2.75) is 83.7 Å². The Morgan fingerprint density at radius 3 is 1.88 bits per heavy atom. The Labute approximate surface area is 192 Å². The molecule has 9 heteroatoms. The second kappa shape index (κ2) is 14.9. The lowest BCUT2D eigenvalue weighted by atomic mass is 10.1. The summed E-state index contributed by atoms with van der Waals surface area (Å²) in [5.41, 5.74) is 0.266. The zero-order chi connectivity index (χ0) is 24.0. The van der Waals surface area contributed by atoms with Crippen molar-refractivity contribution < 1.29 is 32.3 Å². The first kappa shape index (κ1) is 27.9. The SMILES string of the molecule is CCCCCCCCCCCCOC(=O)c1ccc(N(Cl)C(=O)CC(=O)C(F)(F)F)cc1. The number of esters is 1. The molecule has 1 amide bonds. The number of hydrogen-bond acceptors (Lipinski definition) is 4. The van der Waals surface area contributed by atoms with Gasteiger partial charge in [0.2, 0.25) is 11.7 Å². The fourth-order valence-corrected chi connectivity index (χ4v) is 3.19. The molecule has 0 bridgehead atoms. The first-order valence-corrected chi connectivity index (χ1v) is 11.4. The van der Waals surface area contributed by atoms with E-state index in [1.165, 1.54) is 69.2 Å². The van der Waals surface area contributed by atoms with Gasteiger partial charge in [0.25, 0.3) is 0 Å². The molecule has 1 rings (SSSR count). The van der Waals surface area contributed by atoms with E-state index in [1.54, 1.807) is 0 Å². The molecule has 0 spiro atoms. The molecule has 0 unspecified atom stereocenters. The highest BCUT2D eigenvalue weighted by Crippen LogP contribution is 2.22. The number of halogens is 4. The molecule has 0 atom stereocenters. The van der Waals surface area contributed by atoms with Gasteiger partial charge in [-0.05, 0) is 30.7 Å². The standard InChI is InChI=1S/C23H31ClF3NO4/c1-2-3-4-5-6-7-8-9-10-11-16-32-22(31)18-12-14-19(15-13-18)28(24)21(30)17-20(29)23(25,26)27/h12-15H,2-11,16-17H2,1H3. The van der Waals surface area contributed by atoms with E-state index in [1.807, 2.05) is 0 Å². The van der Waals surface area contributed by atoms with Crippen LogP contribution >= 0.6 is 11.8 Å². The van der Waals surface area contributed by atoms with Gasteiger partial charge in [0.05, 0.1) is 24.3 Å². The average Bonchev–Trinajstić information content (AvgIpc) is 2.76. The maximum absolute atomic E-state index is 12.3. The van der Waals surface area contributed by atoms with E-state index in [2.05, 4.69) is 6.92 Å². The van der Waals surface area contributed by atoms with Gasteiger partial charge in [-0.15, -0.1) is 0 Å². The Morgan fingerprint density at radius 1 is 0.875 bits per heavy atom. The van der Waals surface area contributed by atoms with Crippen LogP contribution in [0.5, 0.6) is 0 Å². The summed E-state index contributed by atoms with van der Waals surface area (Å²) in [6.07, 6.45) is 5.23. The third-order valence-electron chi connectivity index (χ3n) is 4.91. The van der Waals surface area contributed by atoms with Crippen molar-refractivity contribution in [2.24, 2.45) is 0 Å². The third-order valence-corrected chi connectivity index (χ3v) is 5.29. The number of ether oxygens (including phenoxy) is 1. The third kappa shape index (κ3) is 11.0.